The number of hydrogen-bond donors (Lipinski definition) is 0. The Morgan fingerprint density at radius 1 is 0.842 bits per heavy atom. The van der Waals surface area contributed by atoms with Gasteiger partial charge in [0.15, 0.2) is 0 Å². The van der Waals surface area contributed by atoms with Crippen LogP contribution in [0.1, 0.15) is 12.8 Å². The summed E-state index contributed by atoms with van der Waals surface area (Å²) in [6.07, 6.45) is 2.98. The highest BCUT2D eigenvalue weighted by Gasteiger charge is 2.47. The molecule has 1 aliphatic carbocycles. The molecule has 3 heterocycles. The quantitative estimate of drug-likeness (QED) is 0.738. The van der Waals surface area contributed by atoms with Gasteiger partial charge in [-0.25, -0.2) is 0 Å². The number of likely N-dealkylation sites (tertiary alicyclic amines) is 3. The third-order valence-electron chi connectivity index (χ3n) is 6.24. The van der Waals surface area contributed by atoms with Crippen molar-refractivity contribution in [2.45, 2.75) is 12.8 Å². The van der Waals surface area contributed by atoms with Gasteiger partial charge in [-0.1, -0.05) is 0 Å². The zero-order valence-electron chi connectivity index (χ0n) is 12.6. The van der Waals surface area contributed by atoms with Crippen molar-refractivity contribution in [3.63, 3.8) is 0 Å². The molecule has 3 nitrogen and oxygen atoms in total. The Bertz CT molecular complexity index is 345. The molecule has 0 radical (unpaired) electrons. The maximum absolute atomic E-state index is 2.81. The zero-order valence-corrected chi connectivity index (χ0v) is 12.6. The van der Waals surface area contributed by atoms with Crippen molar-refractivity contribution in [2.24, 2.45) is 29.6 Å². The summed E-state index contributed by atoms with van der Waals surface area (Å²) in [6.45, 7) is 9.56. The first-order valence-electron chi connectivity index (χ1n) is 8.28. The number of nitrogens with zero attached hydrogens (tertiary/aromatic N) is 3. The lowest BCUT2D eigenvalue weighted by atomic mass is 9.87. The molecule has 4 fully saturated rings. The molecule has 0 amide bonds. The van der Waals surface area contributed by atoms with Crippen LogP contribution in [0.4, 0.5) is 0 Å². The summed E-state index contributed by atoms with van der Waals surface area (Å²) in [5.74, 6) is 5.08. The molecule has 5 atom stereocenters. The Balaban J connectivity index is 1.34. The third kappa shape index (κ3) is 2.45. The Kier molecular flexibility index (Phi) is 3.13. The summed E-state index contributed by atoms with van der Waals surface area (Å²) in [7, 11) is 4.62. The van der Waals surface area contributed by atoms with Gasteiger partial charge in [0.1, 0.15) is 0 Å². The predicted molar refractivity (Wildman–Crippen MR) is 78.1 cm³/mol. The molecular formula is C16H29N3. The fraction of sp³-hybridized carbons (Fsp3) is 1.00. The Morgan fingerprint density at radius 3 is 2.47 bits per heavy atom. The average Bonchev–Trinajstić information content (AvgIpc) is 3.02. The Morgan fingerprint density at radius 2 is 1.58 bits per heavy atom. The van der Waals surface area contributed by atoms with Crippen LogP contribution in [0.25, 0.3) is 0 Å². The fourth-order valence-electron chi connectivity index (χ4n) is 5.24. The van der Waals surface area contributed by atoms with Crippen LogP contribution in [0, 0.1) is 29.6 Å². The number of piperidine rings is 2. The van der Waals surface area contributed by atoms with Crippen LogP contribution in [-0.2, 0) is 0 Å². The van der Waals surface area contributed by atoms with Gasteiger partial charge in [0.2, 0.25) is 0 Å². The maximum Gasteiger partial charge on any atom is 0.00252 e. The largest absolute Gasteiger partial charge is 0.306 e. The van der Waals surface area contributed by atoms with E-state index >= 15 is 0 Å². The molecule has 4 rings (SSSR count). The minimum atomic E-state index is 0.968. The maximum atomic E-state index is 2.81. The summed E-state index contributed by atoms with van der Waals surface area (Å²) in [5.41, 5.74) is 0. The van der Waals surface area contributed by atoms with Crippen molar-refractivity contribution in [1.82, 2.24) is 14.7 Å². The van der Waals surface area contributed by atoms with Crippen LogP contribution in [0.15, 0.2) is 0 Å². The zero-order chi connectivity index (χ0) is 13.0. The molecule has 0 aromatic carbocycles. The number of fused-ring (bicyclic) bond motifs is 2. The van der Waals surface area contributed by atoms with Gasteiger partial charge < -0.3 is 14.7 Å². The van der Waals surface area contributed by atoms with Gasteiger partial charge in [0.25, 0.3) is 0 Å². The smallest absolute Gasteiger partial charge is 0.00252 e. The van der Waals surface area contributed by atoms with Crippen molar-refractivity contribution >= 4 is 0 Å². The van der Waals surface area contributed by atoms with Crippen LogP contribution in [-0.4, -0.2) is 74.6 Å². The van der Waals surface area contributed by atoms with E-state index in [0.717, 1.165) is 29.6 Å². The topological polar surface area (TPSA) is 9.72 Å². The molecule has 5 unspecified atom stereocenters. The lowest BCUT2D eigenvalue weighted by Crippen LogP contribution is -2.46. The highest BCUT2D eigenvalue weighted by atomic mass is 15.2. The molecule has 0 aromatic heterocycles. The first-order chi connectivity index (χ1) is 9.19. The van der Waals surface area contributed by atoms with Gasteiger partial charge in [-0.15, -0.1) is 0 Å². The van der Waals surface area contributed by atoms with Gasteiger partial charge in [-0.3, -0.25) is 0 Å². The highest BCUT2D eigenvalue weighted by molar-refractivity contribution is 4.99. The molecule has 19 heavy (non-hydrogen) atoms. The van der Waals surface area contributed by atoms with E-state index in [4.69, 9.17) is 0 Å². The van der Waals surface area contributed by atoms with E-state index in [9.17, 15) is 0 Å². The summed E-state index contributed by atoms with van der Waals surface area (Å²) in [4.78, 5) is 7.93. The van der Waals surface area contributed by atoms with Crippen molar-refractivity contribution in [2.75, 3.05) is 59.9 Å². The number of hydrogen-bond acceptors (Lipinski definition) is 3. The van der Waals surface area contributed by atoms with E-state index in [1.165, 1.54) is 58.7 Å². The van der Waals surface area contributed by atoms with E-state index < -0.39 is 0 Å². The summed E-state index contributed by atoms with van der Waals surface area (Å²) in [6, 6.07) is 0. The van der Waals surface area contributed by atoms with Crippen LogP contribution < -0.4 is 0 Å². The molecular weight excluding hydrogens is 234 g/mol. The summed E-state index contributed by atoms with van der Waals surface area (Å²) in [5, 5.41) is 0. The predicted octanol–water partition coefficient (Wildman–Crippen LogP) is 1.07. The molecule has 3 heteroatoms. The fourth-order valence-corrected chi connectivity index (χ4v) is 5.24. The molecule has 4 aliphatic rings. The van der Waals surface area contributed by atoms with E-state index in [1.807, 2.05) is 0 Å². The van der Waals surface area contributed by atoms with E-state index in [0.29, 0.717) is 0 Å². The first-order valence-corrected chi connectivity index (χ1v) is 8.28. The van der Waals surface area contributed by atoms with Crippen LogP contribution >= 0.6 is 0 Å². The van der Waals surface area contributed by atoms with Crippen LogP contribution in [0.2, 0.25) is 0 Å². The minimum Gasteiger partial charge on any atom is -0.306 e. The van der Waals surface area contributed by atoms with Gasteiger partial charge in [-0.2, -0.15) is 0 Å². The highest BCUT2D eigenvalue weighted by Crippen LogP contribution is 2.48. The van der Waals surface area contributed by atoms with Crippen LogP contribution in [0.3, 0.4) is 0 Å². The third-order valence-corrected chi connectivity index (χ3v) is 6.24. The Hall–Kier alpha value is -0.120. The van der Waals surface area contributed by atoms with Gasteiger partial charge in [0.05, 0.1) is 0 Å². The SMILES string of the molecule is CN1CC2CCN(CC3CN(C)CC4CC43)CC2C1. The second kappa shape index (κ2) is 4.71. The first kappa shape index (κ1) is 12.6. The van der Waals surface area contributed by atoms with Gasteiger partial charge >= 0.3 is 0 Å². The second-order valence-electron chi connectivity index (χ2n) is 7.93. The molecule has 0 bridgehead atoms. The monoisotopic (exact) mass is 263 g/mol. The Labute approximate surface area is 117 Å². The van der Waals surface area contributed by atoms with Crippen molar-refractivity contribution in [1.29, 1.82) is 0 Å². The summed E-state index contributed by atoms with van der Waals surface area (Å²) < 4.78 is 0. The van der Waals surface area contributed by atoms with E-state index in [2.05, 4.69) is 28.8 Å². The lowest BCUT2D eigenvalue weighted by Gasteiger charge is -2.38. The van der Waals surface area contributed by atoms with E-state index in [1.54, 1.807) is 0 Å². The molecule has 0 aromatic rings. The molecule has 3 aliphatic heterocycles. The molecule has 108 valence electrons. The minimum absolute atomic E-state index is 0.968. The van der Waals surface area contributed by atoms with Crippen molar-refractivity contribution < 1.29 is 0 Å². The lowest BCUT2D eigenvalue weighted by molar-refractivity contribution is 0.0965. The second-order valence-corrected chi connectivity index (χ2v) is 7.93. The standard InChI is InChI=1S/C16H29N3/c1-17-6-12-3-4-19(10-14(12)8-17)11-15-9-18(2)7-13-5-16(13)15/h12-16H,3-11H2,1-2H3. The normalized spacial score (nSPS) is 48.0. The number of rotatable bonds is 2. The van der Waals surface area contributed by atoms with Gasteiger partial charge in [0, 0.05) is 39.3 Å². The molecule has 0 N–H and O–H groups in total. The van der Waals surface area contributed by atoms with Crippen molar-refractivity contribution in [3.8, 4) is 0 Å². The van der Waals surface area contributed by atoms with E-state index in [-0.39, 0.29) is 0 Å². The molecule has 1 saturated carbocycles. The van der Waals surface area contributed by atoms with Crippen LogP contribution in [0.5, 0.6) is 0 Å². The van der Waals surface area contributed by atoms with Crippen molar-refractivity contribution in [3.05, 3.63) is 0 Å². The van der Waals surface area contributed by atoms with Gasteiger partial charge in [-0.05, 0) is 63.1 Å². The molecule has 0 spiro atoms. The molecule has 3 saturated heterocycles. The summed E-state index contributed by atoms with van der Waals surface area (Å²) >= 11 is 0. The average molecular weight is 263 g/mol.